The van der Waals surface area contributed by atoms with Crippen molar-refractivity contribution in [2.75, 3.05) is 40.5 Å². The number of methoxy groups -OCH3 is 2. The molecule has 12 heteroatoms. The lowest BCUT2D eigenvalue weighted by molar-refractivity contribution is -0.141. The van der Waals surface area contributed by atoms with Gasteiger partial charge in [-0.1, -0.05) is 24.3 Å². The highest BCUT2D eigenvalue weighted by Crippen LogP contribution is 2.36. The number of piperidine rings is 1. The number of amides is 2. The highest BCUT2D eigenvalue weighted by molar-refractivity contribution is 5.95. The lowest BCUT2D eigenvalue weighted by atomic mass is 9.89. The molecule has 3 N–H and O–H groups in total. The largest absolute Gasteiger partial charge is 0.496 e. The van der Waals surface area contributed by atoms with E-state index >= 15 is 0 Å². The Balaban J connectivity index is 1.23. The number of nitrogens with zero attached hydrogens (tertiary/aromatic N) is 1. The third kappa shape index (κ3) is 8.71. The van der Waals surface area contributed by atoms with E-state index in [-0.39, 0.29) is 37.9 Å². The molecule has 0 saturated carbocycles. The lowest BCUT2D eigenvalue weighted by Crippen LogP contribution is -2.57. The van der Waals surface area contributed by atoms with Crippen molar-refractivity contribution in [3.05, 3.63) is 107 Å². The number of carbonyl (C=O) groups is 3. The van der Waals surface area contributed by atoms with Gasteiger partial charge in [0.2, 0.25) is 0 Å². The number of hydrogen-bond donors (Lipinski definition) is 3. The second kappa shape index (κ2) is 15.9. The van der Waals surface area contributed by atoms with Crippen LogP contribution in [0.1, 0.15) is 39.9 Å². The maximum atomic E-state index is 14.1. The van der Waals surface area contributed by atoms with Gasteiger partial charge in [-0.05, 0) is 65.7 Å². The molecule has 12 nitrogen and oxygen atoms in total. The SMILES string of the molecule is COc1cc2ccc1CNC(=O)C1(CCN(Cc3ccc(CC(=O)O)cc3)CC1)Oc1ccc(cc1)OCCNC(=O)c1ccc(OC)c(c1)O2. The number of carboxylic acids is 1. The van der Waals surface area contributed by atoms with Crippen molar-refractivity contribution < 1.29 is 43.2 Å². The Labute approximate surface area is 296 Å². The minimum Gasteiger partial charge on any atom is -0.496 e. The monoisotopic (exact) mass is 695 g/mol. The summed E-state index contributed by atoms with van der Waals surface area (Å²) in [6.07, 6.45) is 0.870. The van der Waals surface area contributed by atoms with Gasteiger partial charge in [0, 0.05) is 56.2 Å². The van der Waals surface area contributed by atoms with Crippen molar-refractivity contribution in [2.24, 2.45) is 0 Å². The van der Waals surface area contributed by atoms with Crippen LogP contribution in [0.5, 0.6) is 34.5 Å². The smallest absolute Gasteiger partial charge is 0.307 e. The van der Waals surface area contributed by atoms with E-state index in [1.54, 1.807) is 61.7 Å². The molecule has 0 aromatic heterocycles. The van der Waals surface area contributed by atoms with Gasteiger partial charge in [-0.15, -0.1) is 0 Å². The van der Waals surface area contributed by atoms with Gasteiger partial charge in [0.25, 0.3) is 11.8 Å². The molecule has 0 aliphatic carbocycles. The average molecular weight is 696 g/mol. The van der Waals surface area contributed by atoms with Crippen LogP contribution in [0.4, 0.5) is 0 Å². The fourth-order valence-electron chi connectivity index (χ4n) is 6.20. The summed E-state index contributed by atoms with van der Waals surface area (Å²) in [5.41, 5.74) is 1.81. The molecule has 4 aromatic carbocycles. The van der Waals surface area contributed by atoms with Crippen LogP contribution in [0, 0.1) is 0 Å². The molecule has 5 aliphatic heterocycles. The molecule has 1 spiro atoms. The number of carbonyl (C=O) groups excluding carboxylic acids is 2. The lowest BCUT2D eigenvalue weighted by Gasteiger charge is -2.40. The van der Waals surface area contributed by atoms with Gasteiger partial charge < -0.3 is 39.4 Å². The first kappa shape index (κ1) is 35.1. The van der Waals surface area contributed by atoms with Gasteiger partial charge in [0.15, 0.2) is 17.1 Å². The van der Waals surface area contributed by atoms with Gasteiger partial charge in [-0.2, -0.15) is 0 Å². The topological polar surface area (TPSA) is 145 Å². The van der Waals surface area contributed by atoms with Crippen LogP contribution < -0.4 is 34.3 Å². The maximum absolute atomic E-state index is 14.1. The molecule has 0 radical (unpaired) electrons. The van der Waals surface area contributed by atoms with E-state index in [1.807, 2.05) is 30.3 Å². The van der Waals surface area contributed by atoms with Crippen LogP contribution in [-0.2, 0) is 29.1 Å². The van der Waals surface area contributed by atoms with Gasteiger partial charge >= 0.3 is 5.97 Å². The molecule has 0 unspecified atom stereocenters. The highest BCUT2D eigenvalue weighted by atomic mass is 16.5. The number of hydrogen-bond acceptors (Lipinski definition) is 9. The molecular weight excluding hydrogens is 654 g/mol. The molecule has 0 atom stereocenters. The third-order valence-electron chi connectivity index (χ3n) is 9.01. The van der Waals surface area contributed by atoms with Crippen LogP contribution in [0.3, 0.4) is 0 Å². The quantitative estimate of drug-likeness (QED) is 0.253. The molecule has 2 amide bonds. The number of carboxylic acid groups (broad SMARTS) is 1. The number of likely N-dealkylation sites (tertiary alicyclic amines) is 1. The molecule has 1 fully saturated rings. The normalized spacial score (nSPS) is 16.4. The Morgan fingerprint density at radius 1 is 0.824 bits per heavy atom. The standard InChI is InChI=1S/C39H41N3O9/c1-47-33-14-8-28-22-35(33)50-32-9-7-29(34(23-32)48-2)24-41-38(46)39(51-31-12-10-30(11-13-31)49-20-17-40-37(28)45)15-18-42(19-16-39)25-27-5-3-26(4-6-27)21-36(43)44/h3-14,22-23H,15-21,24-25H2,1-2H3,(H,40,45)(H,41,46)(H,43,44). The van der Waals surface area contributed by atoms with E-state index in [4.69, 9.17) is 28.8 Å². The predicted octanol–water partition coefficient (Wildman–Crippen LogP) is 4.98. The second-order valence-electron chi connectivity index (χ2n) is 12.5. The number of aliphatic carboxylic acids is 1. The second-order valence-corrected chi connectivity index (χ2v) is 12.5. The Morgan fingerprint density at radius 2 is 1.51 bits per heavy atom. The summed E-state index contributed by atoms with van der Waals surface area (Å²) in [4.78, 5) is 40.4. The van der Waals surface area contributed by atoms with Gasteiger partial charge in [0.1, 0.15) is 29.6 Å². The van der Waals surface area contributed by atoms with Crippen LogP contribution in [-0.4, -0.2) is 73.9 Å². The van der Waals surface area contributed by atoms with Crippen LogP contribution in [0.15, 0.2) is 84.9 Å². The van der Waals surface area contributed by atoms with Gasteiger partial charge in [0.05, 0.1) is 27.2 Å². The van der Waals surface area contributed by atoms with E-state index in [9.17, 15) is 14.4 Å². The fraction of sp³-hybridized carbons (Fsp3) is 0.308. The molecule has 5 heterocycles. The average Bonchev–Trinajstić information content (AvgIpc) is 3.14. The number of ether oxygens (including phenoxy) is 5. The molecule has 1 saturated heterocycles. The van der Waals surface area contributed by atoms with E-state index in [0.717, 1.165) is 16.7 Å². The van der Waals surface area contributed by atoms with Crippen molar-refractivity contribution >= 4 is 17.8 Å². The third-order valence-corrected chi connectivity index (χ3v) is 9.01. The van der Waals surface area contributed by atoms with Gasteiger partial charge in [-0.3, -0.25) is 19.3 Å². The summed E-state index contributed by atoms with van der Waals surface area (Å²) in [6.45, 7) is 2.58. The van der Waals surface area contributed by atoms with Crippen molar-refractivity contribution in [2.45, 2.75) is 38.0 Å². The summed E-state index contributed by atoms with van der Waals surface area (Å²) in [7, 11) is 3.07. The molecule has 51 heavy (non-hydrogen) atoms. The Morgan fingerprint density at radius 3 is 2.22 bits per heavy atom. The summed E-state index contributed by atoms with van der Waals surface area (Å²) in [5, 5.41) is 15.0. The molecule has 4 aromatic rings. The van der Waals surface area contributed by atoms with Crippen molar-refractivity contribution in [1.29, 1.82) is 0 Å². The molecular formula is C39H41N3O9. The number of nitrogens with one attached hydrogen (secondary N) is 2. The first-order valence-electron chi connectivity index (χ1n) is 16.8. The molecule has 9 rings (SSSR count). The zero-order chi connectivity index (χ0) is 35.8. The minimum atomic E-state index is -1.14. The molecule has 5 aliphatic rings. The van der Waals surface area contributed by atoms with Gasteiger partial charge in [-0.25, -0.2) is 0 Å². The van der Waals surface area contributed by atoms with Crippen LogP contribution in [0.2, 0.25) is 0 Å². The van der Waals surface area contributed by atoms with Crippen LogP contribution in [0.25, 0.3) is 0 Å². The molecule has 266 valence electrons. The zero-order valence-electron chi connectivity index (χ0n) is 28.6. The van der Waals surface area contributed by atoms with Crippen molar-refractivity contribution in [3.63, 3.8) is 0 Å². The van der Waals surface area contributed by atoms with E-state index < -0.39 is 11.6 Å². The van der Waals surface area contributed by atoms with Crippen molar-refractivity contribution in [1.82, 2.24) is 15.5 Å². The number of rotatable bonds is 6. The Hall–Kier alpha value is -5.75. The van der Waals surface area contributed by atoms with Crippen LogP contribution >= 0.6 is 0 Å². The molecule has 6 bridgehead atoms. The Kier molecular flexibility index (Phi) is 10.9. The maximum Gasteiger partial charge on any atom is 0.307 e. The summed E-state index contributed by atoms with van der Waals surface area (Å²) in [6, 6.07) is 24.9. The van der Waals surface area contributed by atoms with E-state index in [0.29, 0.717) is 72.5 Å². The number of benzene rings is 4. The summed E-state index contributed by atoms with van der Waals surface area (Å²) >= 11 is 0. The van der Waals surface area contributed by atoms with E-state index in [2.05, 4.69) is 15.5 Å². The fourth-order valence-corrected chi connectivity index (χ4v) is 6.20. The predicted molar refractivity (Wildman–Crippen MR) is 188 cm³/mol. The summed E-state index contributed by atoms with van der Waals surface area (Å²) in [5.74, 6) is 1.52. The summed E-state index contributed by atoms with van der Waals surface area (Å²) < 4.78 is 29.7. The first-order valence-corrected chi connectivity index (χ1v) is 16.8. The highest BCUT2D eigenvalue weighted by Gasteiger charge is 2.44. The van der Waals surface area contributed by atoms with Crippen molar-refractivity contribution in [3.8, 4) is 34.5 Å². The first-order chi connectivity index (χ1) is 24.7. The zero-order valence-corrected chi connectivity index (χ0v) is 28.6. The minimum absolute atomic E-state index is 0.0161. The Bertz CT molecular complexity index is 1850. The van der Waals surface area contributed by atoms with E-state index in [1.165, 1.54) is 7.11 Å².